The van der Waals surface area contributed by atoms with Crippen molar-refractivity contribution < 1.29 is 14.3 Å². The van der Waals surface area contributed by atoms with Crippen molar-refractivity contribution in [2.75, 3.05) is 0 Å². The number of aromatic carboxylic acids is 1. The molecule has 0 amide bonds. The first-order valence-corrected chi connectivity index (χ1v) is 6.06. The van der Waals surface area contributed by atoms with Crippen molar-refractivity contribution in [3.8, 4) is 0 Å². The minimum atomic E-state index is -0.938. The van der Waals surface area contributed by atoms with Gasteiger partial charge in [-0.3, -0.25) is 4.98 Å². The molecule has 5 heteroatoms. The van der Waals surface area contributed by atoms with Crippen LogP contribution in [0.15, 0.2) is 51.7 Å². The highest BCUT2D eigenvalue weighted by atomic mass is 16.4. The second-order valence-electron chi connectivity index (χ2n) is 4.52. The third kappa shape index (κ3) is 2.33. The Morgan fingerprint density at radius 2 is 1.80 bits per heavy atom. The molecule has 0 radical (unpaired) electrons. The van der Waals surface area contributed by atoms with E-state index < -0.39 is 11.7 Å². The number of H-pyrrole nitrogens is 1. The Labute approximate surface area is 113 Å². The number of aromatic amines is 1. The standard InChI is InChI=1S/C15H11NO4/c17-14(18)11-4-1-9(2-5-11)7-10-3-6-12-13(8-10)20-15(19)16-12/h1-6,8H,7H2,(H,16,19)(H,17,18). The summed E-state index contributed by atoms with van der Waals surface area (Å²) in [5, 5.41) is 8.84. The van der Waals surface area contributed by atoms with Crippen molar-refractivity contribution >= 4 is 17.1 Å². The molecule has 20 heavy (non-hydrogen) atoms. The van der Waals surface area contributed by atoms with E-state index in [1.165, 1.54) is 0 Å². The fourth-order valence-electron chi connectivity index (χ4n) is 2.10. The quantitative estimate of drug-likeness (QED) is 0.764. The summed E-state index contributed by atoms with van der Waals surface area (Å²) >= 11 is 0. The average Bonchev–Trinajstić information content (AvgIpc) is 2.78. The van der Waals surface area contributed by atoms with Crippen LogP contribution in [0, 0.1) is 0 Å². The third-order valence-electron chi connectivity index (χ3n) is 3.09. The molecule has 5 nitrogen and oxygen atoms in total. The molecule has 0 atom stereocenters. The van der Waals surface area contributed by atoms with Gasteiger partial charge in [-0.15, -0.1) is 0 Å². The van der Waals surface area contributed by atoms with E-state index in [2.05, 4.69) is 4.98 Å². The van der Waals surface area contributed by atoms with Crippen molar-refractivity contribution in [1.82, 2.24) is 4.98 Å². The van der Waals surface area contributed by atoms with Crippen LogP contribution in [-0.2, 0) is 6.42 Å². The Morgan fingerprint density at radius 1 is 1.10 bits per heavy atom. The summed E-state index contributed by atoms with van der Waals surface area (Å²) in [5.41, 5.74) is 3.44. The van der Waals surface area contributed by atoms with Crippen molar-refractivity contribution in [1.29, 1.82) is 0 Å². The lowest BCUT2D eigenvalue weighted by atomic mass is 10.0. The summed E-state index contributed by atoms with van der Waals surface area (Å²) in [7, 11) is 0. The van der Waals surface area contributed by atoms with Crippen molar-refractivity contribution in [2.24, 2.45) is 0 Å². The molecule has 2 N–H and O–H groups in total. The maximum atomic E-state index is 11.1. The summed E-state index contributed by atoms with van der Waals surface area (Å²) in [5.74, 6) is -1.41. The van der Waals surface area contributed by atoms with Crippen LogP contribution in [0.1, 0.15) is 21.5 Å². The lowest BCUT2D eigenvalue weighted by Gasteiger charge is -2.02. The fourth-order valence-corrected chi connectivity index (χ4v) is 2.10. The van der Waals surface area contributed by atoms with Crippen LogP contribution in [-0.4, -0.2) is 16.1 Å². The minimum absolute atomic E-state index is 0.265. The predicted molar refractivity (Wildman–Crippen MR) is 73.0 cm³/mol. The number of carboxylic acid groups (broad SMARTS) is 1. The summed E-state index contributed by atoms with van der Waals surface area (Å²) in [6.45, 7) is 0. The second-order valence-corrected chi connectivity index (χ2v) is 4.52. The van der Waals surface area contributed by atoms with Gasteiger partial charge in [0.2, 0.25) is 0 Å². The van der Waals surface area contributed by atoms with Crippen LogP contribution in [0.25, 0.3) is 11.1 Å². The first kappa shape index (κ1) is 12.2. The highest BCUT2D eigenvalue weighted by Crippen LogP contribution is 2.16. The Bertz CT molecular complexity index is 827. The summed E-state index contributed by atoms with van der Waals surface area (Å²) in [6, 6.07) is 12.2. The first-order chi connectivity index (χ1) is 9.61. The van der Waals surface area contributed by atoms with Gasteiger partial charge in [-0.25, -0.2) is 9.59 Å². The maximum absolute atomic E-state index is 11.1. The Hall–Kier alpha value is -2.82. The number of benzene rings is 2. The fraction of sp³-hybridized carbons (Fsp3) is 0.0667. The maximum Gasteiger partial charge on any atom is 0.417 e. The molecule has 0 saturated carbocycles. The van der Waals surface area contributed by atoms with Crippen LogP contribution in [0.2, 0.25) is 0 Å². The first-order valence-electron chi connectivity index (χ1n) is 6.06. The predicted octanol–water partition coefficient (Wildman–Crippen LogP) is 2.41. The summed E-state index contributed by atoms with van der Waals surface area (Å²) in [4.78, 5) is 24.4. The van der Waals surface area contributed by atoms with Crippen LogP contribution in [0.5, 0.6) is 0 Å². The molecule has 3 aromatic rings. The molecular weight excluding hydrogens is 258 g/mol. The molecule has 0 spiro atoms. The Balaban J connectivity index is 1.88. The normalized spacial score (nSPS) is 10.8. The lowest BCUT2D eigenvalue weighted by molar-refractivity contribution is 0.0697. The molecule has 0 aliphatic carbocycles. The van der Waals surface area contributed by atoms with Crippen molar-refractivity contribution in [3.05, 3.63) is 69.7 Å². The largest absolute Gasteiger partial charge is 0.478 e. The molecule has 0 bridgehead atoms. The van der Waals surface area contributed by atoms with E-state index in [0.717, 1.165) is 11.1 Å². The highest BCUT2D eigenvalue weighted by molar-refractivity contribution is 5.87. The lowest BCUT2D eigenvalue weighted by Crippen LogP contribution is -1.96. The second kappa shape index (κ2) is 4.70. The van der Waals surface area contributed by atoms with E-state index in [0.29, 0.717) is 17.5 Å². The van der Waals surface area contributed by atoms with Crippen LogP contribution >= 0.6 is 0 Å². The van der Waals surface area contributed by atoms with E-state index in [1.807, 2.05) is 6.07 Å². The van der Waals surface area contributed by atoms with Gasteiger partial charge < -0.3 is 9.52 Å². The smallest absolute Gasteiger partial charge is 0.417 e. The van der Waals surface area contributed by atoms with Gasteiger partial charge in [-0.2, -0.15) is 0 Å². The molecule has 2 aromatic carbocycles. The molecule has 3 rings (SSSR count). The van der Waals surface area contributed by atoms with Gasteiger partial charge in [0.05, 0.1) is 11.1 Å². The molecule has 100 valence electrons. The van der Waals surface area contributed by atoms with Gasteiger partial charge in [-0.1, -0.05) is 18.2 Å². The SMILES string of the molecule is O=C(O)c1ccc(Cc2ccc3[nH]c(=O)oc3c2)cc1. The van der Waals surface area contributed by atoms with Crippen LogP contribution in [0.3, 0.4) is 0 Å². The zero-order valence-electron chi connectivity index (χ0n) is 10.4. The number of hydrogen-bond acceptors (Lipinski definition) is 3. The molecule has 0 saturated heterocycles. The average molecular weight is 269 g/mol. The monoisotopic (exact) mass is 269 g/mol. The van der Waals surface area contributed by atoms with Crippen LogP contribution in [0.4, 0.5) is 0 Å². The van der Waals surface area contributed by atoms with E-state index in [9.17, 15) is 9.59 Å². The number of carboxylic acids is 1. The van der Waals surface area contributed by atoms with Gasteiger partial charge in [0.15, 0.2) is 5.58 Å². The third-order valence-corrected chi connectivity index (χ3v) is 3.09. The molecule has 0 fully saturated rings. The summed E-state index contributed by atoms with van der Waals surface area (Å²) in [6.07, 6.45) is 0.644. The Morgan fingerprint density at radius 3 is 2.50 bits per heavy atom. The highest BCUT2D eigenvalue weighted by Gasteiger charge is 2.05. The van der Waals surface area contributed by atoms with E-state index in [1.54, 1.807) is 36.4 Å². The number of fused-ring (bicyclic) bond motifs is 1. The minimum Gasteiger partial charge on any atom is -0.478 e. The van der Waals surface area contributed by atoms with Gasteiger partial charge >= 0.3 is 11.7 Å². The zero-order chi connectivity index (χ0) is 14.1. The number of rotatable bonds is 3. The van der Waals surface area contributed by atoms with Gasteiger partial charge in [-0.05, 0) is 41.8 Å². The van der Waals surface area contributed by atoms with E-state index >= 15 is 0 Å². The van der Waals surface area contributed by atoms with Crippen molar-refractivity contribution in [2.45, 2.75) is 6.42 Å². The van der Waals surface area contributed by atoms with E-state index in [-0.39, 0.29) is 5.56 Å². The molecule has 1 aromatic heterocycles. The zero-order valence-corrected chi connectivity index (χ0v) is 10.4. The van der Waals surface area contributed by atoms with Crippen molar-refractivity contribution in [3.63, 3.8) is 0 Å². The molecular formula is C15H11NO4. The van der Waals surface area contributed by atoms with E-state index in [4.69, 9.17) is 9.52 Å². The number of nitrogens with one attached hydrogen (secondary N) is 1. The number of aromatic nitrogens is 1. The number of oxazole rings is 1. The molecule has 0 unspecified atom stereocenters. The topological polar surface area (TPSA) is 83.3 Å². The molecule has 1 heterocycles. The number of carbonyl (C=O) groups is 1. The molecule has 0 aliphatic rings. The van der Waals surface area contributed by atoms with Gasteiger partial charge in [0, 0.05) is 0 Å². The number of hydrogen-bond donors (Lipinski definition) is 2. The van der Waals surface area contributed by atoms with Crippen LogP contribution < -0.4 is 5.76 Å². The van der Waals surface area contributed by atoms with Gasteiger partial charge in [0.25, 0.3) is 0 Å². The summed E-state index contributed by atoms with van der Waals surface area (Å²) < 4.78 is 5.01. The molecule has 0 aliphatic heterocycles. The Kier molecular flexibility index (Phi) is 2.87. The van der Waals surface area contributed by atoms with Gasteiger partial charge in [0.1, 0.15) is 0 Å².